The van der Waals surface area contributed by atoms with Crippen molar-refractivity contribution in [3.05, 3.63) is 65.7 Å². The van der Waals surface area contributed by atoms with E-state index in [9.17, 15) is 5.11 Å². The van der Waals surface area contributed by atoms with E-state index in [0.717, 1.165) is 27.7 Å². The molecule has 1 N–H and O–H groups in total. The van der Waals surface area contributed by atoms with E-state index in [1.807, 2.05) is 43.3 Å². The maximum Gasteiger partial charge on any atom is 0.0935 e. The molecule has 19 heavy (non-hydrogen) atoms. The number of aliphatic hydroxyl groups excluding tert-OH is 1. The topological polar surface area (TPSA) is 46.3 Å². The van der Waals surface area contributed by atoms with Crippen molar-refractivity contribution in [2.45, 2.75) is 19.4 Å². The summed E-state index contributed by atoms with van der Waals surface area (Å²) < 4.78 is 5.04. The Labute approximate surface area is 111 Å². The standard InChI is InChI=1S/C16H15NO2/c1-11-8-14(13-4-2-3-5-15(13)17-11)16(18)9-12-6-7-19-10-12/h2-8,10,16,18H,9H2,1H3. The molecular formula is C16H15NO2. The molecule has 0 fully saturated rings. The van der Waals surface area contributed by atoms with Gasteiger partial charge in [-0.15, -0.1) is 0 Å². The smallest absolute Gasteiger partial charge is 0.0935 e. The van der Waals surface area contributed by atoms with Crippen LogP contribution in [0.15, 0.2) is 53.3 Å². The fourth-order valence-electron chi connectivity index (χ4n) is 2.36. The zero-order valence-electron chi connectivity index (χ0n) is 10.7. The molecule has 3 nitrogen and oxygen atoms in total. The number of rotatable bonds is 3. The predicted octanol–water partition coefficient (Wildman–Crippen LogP) is 3.41. The van der Waals surface area contributed by atoms with Crippen LogP contribution in [0.2, 0.25) is 0 Å². The van der Waals surface area contributed by atoms with Crippen LogP contribution in [0, 0.1) is 6.92 Å². The highest BCUT2D eigenvalue weighted by Crippen LogP contribution is 2.26. The lowest BCUT2D eigenvalue weighted by atomic mass is 9.99. The fraction of sp³-hybridized carbons (Fsp3) is 0.188. The van der Waals surface area contributed by atoms with Crippen LogP contribution in [0.5, 0.6) is 0 Å². The second-order valence-electron chi connectivity index (χ2n) is 4.72. The highest BCUT2D eigenvalue weighted by molar-refractivity contribution is 5.82. The summed E-state index contributed by atoms with van der Waals surface area (Å²) in [7, 11) is 0. The van der Waals surface area contributed by atoms with E-state index < -0.39 is 6.10 Å². The molecule has 2 aromatic heterocycles. The number of pyridine rings is 1. The van der Waals surface area contributed by atoms with Crippen LogP contribution in [0.1, 0.15) is 22.9 Å². The third kappa shape index (κ3) is 2.37. The number of fused-ring (bicyclic) bond motifs is 1. The van der Waals surface area contributed by atoms with E-state index >= 15 is 0 Å². The Morgan fingerprint density at radius 2 is 2.11 bits per heavy atom. The number of aryl methyl sites for hydroxylation is 1. The first-order valence-corrected chi connectivity index (χ1v) is 6.29. The van der Waals surface area contributed by atoms with Gasteiger partial charge in [-0.1, -0.05) is 18.2 Å². The predicted molar refractivity (Wildman–Crippen MR) is 73.9 cm³/mol. The van der Waals surface area contributed by atoms with Crippen molar-refractivity contribution in [3.63, 3.8) is 0 Å². The van der Waals surface area contributed by atoms with Gasteiger partial charge < -0.3 is 9.52 Å². The summed E-state index contributed by atoms with van der Waals surface area (Å²) in [5.74, 6) is 0. The molecule has 0 saturated carbocycles. The Morgan fingerprint density at radius 1 is 1.26 bits per heavy atom. The fourth-order valence-corrected chi connectivity index (χ4v) is 2.36. The van der Waals surface area contributed by atoms with Crippen molar-refractivity contribution in [1.29, 1.82) is 0 Å². The number of nitrogens with zero attached hydrogens (tertiary/aromatic N) is 1. The Balaban J connectivity index is 2.03. The maximum atomic E-state index is 10.4. The van der Waals surface area contributed by atoms with E-state index in [1.165, 1.54) is 0 Å². The molecule has 0 amide bonds. The largest absolute Gasteiger partial charge is 0.472 e. The van der Waals surface area contributed by atoms with Crippen LogP contribution in [0.25, 0.3) is 10.9 Å². The van der Waals surface area contributed by atoms with Gasteiger partial charge in [-0.25, -0.2) is 0 Å². The minimum Gasteiger partial charge on any atom is -0.472 e. The Kier molecular flexibility index (Phi) is 3.05. The van der Waals surface area contributed by atoms with Crippen molar-refractivity contribution < 1.29 is 9.52 Å². The van der Waals surface area contributed by atoms with Crippen LogP contribution in [0.4, 0.5) is 0 Å². The van der Waals surface area contributed by atoms with E-state index in [4.69, 9.17) is 4.42 Å². The zero-order valence-corrected chi connectivity index (χ0v) is 10.7. The van der Waals surface area contributed by atoms with Crippen LogP contribution in [-0.2, 0) is 6.42 Å². The quantitative estimate of drug-likeness (QED) is 0.778. The number of aromatic nitrogens is 1. The molecule has 1 unspecified atom stereocenters. The Bertz CT molecular complexity index is 689. The van der Waals surface area contributed by atoms with Crippen molar-refractivity contribution in [3.8, 4) is 0 Å². The monoisotopic (exact) mass is 253 g/mol. The second-order valence-corrected chi connectivity index (χ2v) is 4.72. The highest BCUT2D eigenvalue weighted by atomic mass is 16.3. The van der Waals surface area contributed by atoms with E-state index in [1.54, 1.807) is 12.5 Å². The number of hydrogen-bond donors (Lipinski definition) is 1. The lowest BCUT2D eigenvalue weighted by Crippen LogP contribution is -2.03. The molecule has 0 saturated heterocycles. The molecule has 1 aromatic carbocycles. The molecule has 0 aliphatic heterocycles. The van der Waals surface area contributed by atoms with Gasteiger partial charge in [0.25, 0.3) is 0 Å². The third-order valence-corrected chi connectivity index (χ3v) is 3.24. The molecule has 0 spiro atoms. The Morgan fingerprint density at radius 3 is 2.89 bits per heavy atom. The summed E-state index contributed by atoms with van der Waals surface area (Å²) in [4.78, 5) is 4.49. The molecule has 3 aromatic rings. The molecule has 0 radical (unpaired) electrons. The summed E-state index contributed by atoms with van der Waals surface area (Å²) in [6, 6.07) is 11.7. The van der Waals surface area contributed by atoms with Gasteiger partial charge >= 0.3 is 0 Å². The van der Waals surface area contributed by atoms with Gasteiger partial charge in [0.15, 0.2) is 0 Å². The lowest BCUT2D eigenvalue weighted by Gasteiger charge is -2.13. The first kappa shape index (κ1) is 11.9. The molecule has 3 heteroatoms. The van der Waals surface area contributed by atoms with E-state index in [2.05, 4.69) is 4.98 Å². The summed E-state index contributed by atoms with van der Waals surface area (Å²) in [6.07, 6.45) is 3.28. The second kappa shape index (κ2) is 4.86. The van der Waals surface area contributed by atoms with Crippen LogP contribution in [-0.4, -0.2) is 10.1 Å². The van der Waals surface area contributed by atoms with Crippen molar-refractivity contribution in [2.75, 3.05) is 0 Å². The zero-order chi connectivity index (χ0) is 13.2. The molecule has 3 rings (SSSR count). The number of benzene rings is 1. The molecule has 2 heterocycles. The molecule has 1 atom stereocenters. The third-order valence-electron chi connectivity index (χ3n) is 3.24. The van der Waals surface area contributed by atoms with E-state index in [0.29, 0.717) is 6.42 Å². The summed E-state index contributed by atoms with van der Waals surface area (Å²) in [5.41, 5.74) is 3.75. The van der Waals surface area contributed by atoms with Crippen molar-refractivity contribution in [1.82, 2.24) is 4.98 Å². The van der Waals surface area contributed by atoms with Gasteiger partial charge in [0.1, 0.15) is 0 Å². The highest BCUT2D eigenvalue weighted by Gasteiger charge is 2.14. The number of para-hydroxylation sites is 1. The molecular weight excluding hydrogens is 238 g/mol. The number of furan rings is 1. The van der Waals surface area contributed by atoms with Crippen molar-refractivity contribution >= 4 is 10.9 Å². The van der Waals surface area contributed by atoms with Gasteiger partial charge in [-0.2, -0.15) is 0 Å². The minimum absolute atomic E-state index is 0.546. The molecule has 0 aliphatic rings. The van der Waals surface area contributed by atoms with Crippen molar-refractivity contribution in [2.24, 2.45) is 0 Å². The molecule has 0 aliphatic carbocycles. The summed E-state index contributed by atoms with van der Waals surface area (Å²) >= 11 is 0. The van der Waals surface area contributed by atoms with Gasteiger partial charge in [-0.05, 0) is 36.2 Å². The molecule has 0 bridgehead atoms. The van der Waals surface area contributed by atoms with Gasteiger partial charge in [-0.3, -0.25) is 4.98 Å². The van der Waals surface area contributed by atoms with Gasteiger partial charge in [0.2, 0.25) is 0 Å². The first-order chi connectivity index (χ1) is 9.24. The van der Waals surface area contributed by atoms with Gasteiger partial charge in [0.05, 0.1) is 24.1 Å². The number of aliphatic hydroxyl groups is 1. The number of hydrogen-bond acceptors (Lipinski definition) is 3. The Hall–Kier alpha value is -2.13. The maximum absolute atomic E-state index is 10.4. The minimum atomic E-state index is -0.552. The average Bonchev–Trinajstić information content (AvgIpc) is 2.90. The average molecular weight is 253 g/mol. The lowest BCUT2D eigenvalue weighted by molar-refractivity contribution is 0.179. The van der Waals surface area contributed by atoms with Gasteiger partial charge in [0, 0.05) is 17.5 Å². The summed E-state index contributed by atoms with van der Waals surface area (Å²) in [6.45, 7) is 1.94. The first-order valence-electron chi connectivity index (χ1n) is 6.29. The van der Waals surface area contributed by atoms with E-state index in [-0.39, 0.29) is 0 Å². The molecule has 96 valence electrons. The SMILES string of the molecule is Cc1cc(C(O)Cc2ccoc2)c2ccccc2n1. The normalized spacial score (nSPS) is 12.7. The van der Waals surface area contributed by atoms with Crippen LogP contribution < -0.4 is 0 Å². The van der Waals surface area contributed by atoms with Crippen LogP contribution >= 0.6 is 0 Å². The summed E-state index contributed by atoms with van der Waals surface area (Å²) in [5, 5.41) is 11.4. The van der Waals surface area contributed by atoms with Crippen LogP contribution in [0.3, 0.4) is 0 Å².